The predicted molar refractivity (Wildman–Crippen MR) is 17.2 cm³/mol. The van der Waals surface area contributed by atoms with Crippen LogP contribution < -0.4 is 0 Å². The molecule has 42 valence electrons. The van der Waals surface area contributed by atoms with E-state index in [9.17, 15) is 0 Å². The molecule has 0 rings (SSSR count). The molecule has 6 heteroatoms. The molecule has 0 atom stereocenters. The molecule has 0 fully saturated rings. The van der Waals surface area contributed by atoms with Gasteiger partial charge in [-0.3, -0.25) is 0 Å². The largest absolute Gasteiger partial charge is 0.338 e. The van der Waals surface area contributed by atoms with Crippen LogP contribution in [0.4, 0.5) is 0 Å². The molecule has 0 aliphatic rings. The molecule has 6 heavy (non-hydrogen) atoms. The smallest absolute Gasteiger partial charge is 0.271 e. The minimum absolute atomic E-state index is 0. The summed E-state index contributed by atoms with van der Waals surface area (Å²) in [4.78, 5) is 14.9. The average molecular weight is 180 g/mol. The Labute approximate surface area is 102 Å². The summed E-state index contributed by atoms with van der Waals surface area (Å²) < 4.78 is 0. The minimum atomic E-state index is -2.15. The Morgan fingerprint density at radius 2 is 1.17 bits per heavy atom. The number of hydrogen-bond acceptors (Lipinski definition) is 2. The average Bonchev–Trinajstić information content (AvgIpc) is 0.811. The number of hydrogen-bond donors (Lipinski definition) is 2. The maximum Gasteiger partial charge on any atom is 0.271 e. The summed E-state index contributed by atoms with van der Waals surface area (Å²) in [5, 5.41) is 0. The van der Waals surface area contributed by atoms with Crippen molar-refractivity contribution in [1.29, 1.82) is 0 Å². The Kier molecular flexibility index (Phi) is 29.5. The fraction of sp³-hybridized carbons (Fsp3) is 0. The quantitative estimate of drug-likeness (QED) is 0.531. The molecule has 0 aliphatic carbocycles. The molecule has 0 aromatic rings. The van der Waals surface area contributed by atoms with Crippen LogP contribution >= 0.6 is 19.0 Å². The first-order valence-electron chi connectivity index (χ1n) is 0.569. The van der Waals surface area contributed by atoms with E-state index in [2.05, 4.69) is 11.2 Å². The van der Waals surface area contributed by atoms with Gasteiger partial charge in [-0.2, -0.15) is 0 Å². The van der Waals surface area contributed by atoms with Gasteiger partial charge in [0.05, 0.1) is 0 Å². The zero-order valence-corrected chi connectivity index (χ0v) is 5.49. The molecule has 2 N–H and O–H groups in total. The van der Waals surface area contributed by atoms with Crippen LogP contribution in [0.1, 0.15) is 0 Å². The third-order valence-electron chi connectivity index (χ3n) is 0. The summed E-state index contributed by atoms with van der Waals surface area (Å²) in [5.41, 5.74) is 0. The molecule has 0 saturated heterocycles. The van der Waals surface area contributed by atoms with Crippen molar-refractivity contribution in [3.63, 3.8) is 0 Å². The first-order valence-corrected chi connectivity index (χ1v) is 2.72. The molecule has 0 aromatic carbocycles. The fourth-order valence-corrected chi connectivity index (χ4v) is 0. The maximum atomic E-state index is 7.44. The number of rotatable bonds is 0. The van der Waals surface area contributed by atoms with E-state index in [1.165, 1.54) is 0 Å². The van der Waals surface area contributed by atoms with Crippen LogP contribution in [0.5, 0.6) is 0 Å². The molecule has 0 radical (unpaired) electrons. The zero-order valence-electron chi connectivity index (χ0n) is 2.43. The molecule has 0 amide bonds. The summed E-state index contributed by atoms with van der Waals surface area (Å²) in [5.74, 6) is 0. The minimum Gasteiger partial charge on any atom is -0.338 e. The van der Waals surface area contributed by atoms with Gasteiger partial charge < -0.3 is 9.79 Å². The second kappa shape index (κ2) is 11.0. The Balaban J connectivity index is -0.0000000450. The zero-order chi connectivity index (χ0) is 3.58. The SMILES string of the molecule is OP(O)Cl.[Ar].[Ar]. The van der Waals surface area contributed by atoms with Crippen molar-refractivity contribution < 1.29 is 85.3 Å². The van der Waals surface area contributed by atoms with Gasteiger partial charge in [-0.1, -0.05) is 0 Å². The van der Waals surface area contributed by atoms with Gasteiger partial charge in [0, 0.05) is 75.5 Å². The Morgan fingerprint density at radius 1 is 1.17 bits per heavy atom. The van der Waals surface area contributed by atoms with Crippen molar-refractivity contribution in [3.05, 3.63) is 0 Å². The monoisotopic (exact) mass is 180 g/mol. The molecule has 0 spiro atoms. The van der Waals surface area contributed by atoms with Crippen LogP contribution in [-0.4, -0.2) is 9.79 Å². The van der Waals surface area contributed by atoms with Gasteiger partial charge in [0.1, 0.15) is 0 Å². The van der Waals surface area contributed by atoms with Crippen LogP contribution in [-0.2, 0) is 0 Å². The fourth-order valence-electron chi connectivity index (χ4n) is 0. The van der Waals surface area contributed by atoms with Gasteiger partial charge in [-0.25, -0.2) is 0 Å². The molecule has 0 saturated carbocycles. The molecule has 0 aromatic heterocycles. The summed E-state index contributed by atoms with van der Waals surface area (Å²) in [6.07, 6.45) is 0. The van der Waals surface area contributed by atoms with E-state index in [1.807, 2.05) is 0 Å². The van der Waals surface area contributed by atoms with Crippen molar-refractivity contribution in [2.24, 2.45) is 0 Å². The summed E-state index contributed by atoms with van der Waals surface area (Å²) >= 11 is 4.45. The van der Waals surface area contributed by atoms with E-state index in [0.717, 1.165) is 0 Å². The van der Waals surface area contributed by atoms with E-state index in [-0.39, 0.29) is 75.5 Å². The van der Waals surface area contributed by atoms with E-state index in [1.54, 1.807) is 0 Å². The Morgan fingerprint density at radius 3 is 1.17 bits per heavy atom. The van der Waals surface area contributed by atoms with Crippen LogP contribution in [0.2, 0.25) is 0 Å². The van der Waals surface area contributed by atoms with Gasteiger partial charge in [0.2, 0.25) is 0 Å². The third kappa shape index (κ3) is 27.2. The van der Waals surface area contributed by atoms with Gasteiger partial charge in [-0.15, -0.1) is 0 Å². The molecular weight excluding hydrogens is 178 g/mol. The Bertz CT molecular complexity index is 16.3. The second-order valence-electron chi connectivity index (χ2n) is 0.241. The van der Waals surface area contributed by atoms with Gasteiger partial charge >= 0.3 is 0 Å². The summed E-state index contributed by atoms with van der Waals surface area (Å²) in [7, 11) is -2.15. The van der Waals surface area contributed by atoms with Crippen LogP contribution in [0.15, 0.2) is 0 Å². The molecule has 2 nitrogen and oxygen atoms in total. The van der Waals surface area contributed by atoms with Crippen LogP contribution in [0.25, 0.3) is 0 Å². The predicted octanol–water partition coefficient (Wildman–Crippen LogP) is 0.437. The molecule has 0 heterocycles. The van der Waals surface area contributed by atoms with Crippen molar-refractivity contribution >= 4 is 19.0 Å². The Hall–Kier alpha value is 3.16. The first kappa shape index (κ1) is 16.1. The van der Waals surface area contributed by atoms with Gasteiger partial charge in [-0.05, 0) is 11.2 Å². The second-order valence-corrected chi connectivity index (χ2v) is 1.63. The van der Waals surface area contributed by atoms with E-state index >= 15 is 0 Å². The maximum absolute atomic E-state index is 7.44. The van der Waals surface area contributed by atoms with Crippen LogP contribution in [0.3, 0.4) is 0 Å². The van der Waals surface area contributed by atoms with E-state index < -0.39 is 7.73 Å². The third-order valence-corrected chi connectivity index (χ3v) is 0. The van der Waals surface area contributed by atoms with Crippen molar-refractivity contribution in [2.75, 3.05) is 0 Å². The van der Waals surface area contributed by atoms with E-state index in [4.69, 9.17) is 9.79 Å². The topological polar surface area (TPSA) is 40.5 Å². The first-order chi connectivity index (χ1) is 1.73. The van der Waals surface area contributed by atoms with E-state index in [0.29, 0.717) is 0 Å². The van der Waals surface area contributed by atoms with Crippen molar-refractivity contribution in [3.8, 4) is 0 Å². The standard InChI is InChI=1S/2Ar.ClH2O2P/c;;1-4(2)3/h;;2-3H. The number of halogens is 1. The summed E-state index contributed by atoms with van der Waals surface area (Å²) in [6.45, 7) is 0. The van der Waals surface area contributed by atoms with Crippen molar-refractivity contribution in [1.82, 2.24) is 0 Å². The van der Waals surface area contributed by atoms with Gasteiger partial charge in [0.25, 0.3) is 7.73 Å². The van der Waals surface area contributed by atoms with Gasteiger partial charge in [0.15, 0.2) is 0 Å². The molecule has 0 unspecified atom stereocenters. The molecule has 0 aliphatic heterocycles. The molecule has 0 bridgehead atoms. The van der Waals surface area contributed by atoms with Crippen molar-refractivity contribution in [2.45, 2.75) is 0 Å². The van der Waals surface area contributed by atoms with Crippen LogP contribution in [0, 0.1) is 75.5 Å². The molecular formula is H2Ar2ClO2P. The normalized spacial score (nSPS) is 6.00. The summed E-state index contributed by atoms with van der Waals surface area (Å²) in [6, 6.07) is 0.